The molecule has 1 atom stereocenters. The molecule has 1 unspecified atom stereocenters. The average molecular weight is 241 g/mol. The first-order chi connectivity index (χ1) is 8.00. The zero-order chi connectivity index (χ0) is 12.5. The molecule has 2 nitrogen and oxygen atoms in total. The average Bonchev–Trinajstić information content (AvgIpc) is 2.23. The number of benzene rings is 1. The third kappa shape index (κ3) is 2.82. The Balaban J connectivity index is 1.96. The van der Waals surface area contributed by atoms with Gasteiger partial charge in [-0.05, 0) is 32.3 Å². The maximum atomic E-state index is 13.5. The van der Waals surface area contributed by atoms with Gasteiger partial charge in [-0.2, -0.15) is 0 Å². The predicted octanol–water partition coefficient (Wildman–Crippen LogP) is 2.53. The van der Waals surface area contributed by atoms with Crippen LogP contribution in [0.2, 0.25) is 0 Å². The predicted molar refractivity (Wildman–Crippen MR) is 61.6 cm³/mol. The van der Waals surface area contributed by atoms with Gasteiger partial charge in [-0.15, -0.1) is 0 Å². The van der Waals surface area contributed by atoms with Crippen molar-refractivity contribution in [1.29, 1.82) is 0 Å². The Bertz CT molecular complexity index is 404. The number of aliphatic hydroxyl groups is 1. The van der Waals surface area contributed by atoms with E-state index in [2.05, 4.69) is 5.32 Å². The number of hydrogen-bond donors (Lipinski definition) is 2. The van der Waals surface area contributed by atoms with Gasteiger partial charge in [-0.3, -0.25) is 0 Å². The van der Waals surface area contributed by atoms with Crippen LogP contribution in [0.5, 0.6) is 0 Å². The van der Waals surface area contributed by atoms with Gasteiger partial charge in [0.1, 0.15) is 11.6 Å². The lowest BCUT2D eigenvalue weighted by Crippen LogP contribution is -2.46. The van der Waals surface area contributed by atoms with Crippen molar-refractivity contribution in [1.82, 2.24) is 5.32 Å². The molecule has 1 aliphatic carbocycles. The van der Waals surface area contributed by atoms with Crippen molar-refractivity contribution in [2.45, 2.75) is 37.8 Å². The topological polar surface area (TPSA) is 32.3 Å². The summed E-state index contributed by atoms with van der Waals surface area (Å²) in [6.07, 6.45) is 2.62. The molecular formula is C13H17F2NO. The Labute approximate surface area is 99.7 Å². The summed E-state index contributed by atoms with van der Waals surface area (Å²) in [7, 11) is 0. The first-order valence-electron chi connectivity index (χ1n) is 5.91. The minimum absolute atomic E-state index is 0.236. The number of nitrogens with one attached hydrogen (secondary N) is 1. The highest BCUT2D eigenvalue weighted by atomic mass is 19.1. The van der Waals surface area contributed by atoms with E-state index in [1.54, 1.807) is 6.92 Å². The maximum Gasteiger partial charge on any atom is 0.130 e. The Morgan fingerprint density at radius 1 is 1.41 bits per heavy atom. The summed E-state index contributed by atoms with van der Waals surface area (Å²) in [5.74, 6) is -1.12. The van der Waals surface area contributed by atoms with Crippen LogP contribution in [-0.2, 0) is 0 Å². The highest BCUT2D eigenvalue weighted by molar-refractivity contribution is 5.21. The number of rotatable bonds is 4. The molecule has 0 saturated heterocycles. The molecule has 1 aliphatic rings. The SMILES string of the molecule is CC(NCC1(O)CCC1)c1ccc(F)cc1F. The third-order valence-electron chi connectivity index (χ3n) is 3.45. The van der Waals surface area contributed by atoms with Crippen molar-refractivity contribution >= 4 is 0 Å². The molecular weight excluding hydrogens is 224 g/mol. The molecule has 0 amide bonds. The molecule has 4 heteroatoms. The lowest BCUT2D eigenvalue weighted by molar-refractivity contribution is -0.0330. The van der Waals surface area contributed by atoms with Crippen molar-refractivity contribution in [3.63, 3.8) is 0 Å². The maximum absolute atomic E-state index is 13.5. The van der Waals surface area contributed by atoms with Gasteiger partial charge >= 0.3 is 0 Å². The summed E-state index contributed by atoms with van der Waals surface area (Å²) >= 11 is 0. The standard InChI is InChI=1S/C13H17F2NO/c1-9(16-8-13(17)5-2-6-13)11-4-3-10(14)7-12(11)15/h3-4,7,9,16-17H,2,5-6,8H2,1H3. The second-order valence-electron chi connectivity index (χ2n) is 4.85. The minimum atomic E-state index is -0.634. The monoisotopic (exact) mass is 241 g/mol. The van der Waals surface area contributed by atoms with Crippen LogP contribution in [0.4, 0.5) is 8.78 Å². The van der Waals surface area contributed by atoms with Gasteiger partial charge in [0, 0.05) is 24.2 Å². The molecule has 1 saturated carbocycles. The molecule has 2 rings (SSSR count). The fraction of sp³-hybridized carbons (Fsp3) is 0.538. The van der Waals surface area contributed by atoms with E-state index < -0.39 is 17.2 Å². The number of hydrogen-bond acceptors (Lipinski definition) is 2. The van der Waals surface area contributed by atoms with Gasteiger partial charge in [0.25, 0.3) is 0 Å². The van der Waals surface area contributed by atoms with Crippen LogP contribution in [0.25, 0.3) is 0 Å². The minimum Gasteiger partial charge on any atom is -0.389 e. The van der Waals surface area contributed by atoms with Crippen molar-refractivity contribution in [3.05, 3.63) is 35.4 Å². The summed E-state index contributed by atoms with van der Waals surface area (Å²) in [5, 5.41) is 13.0. The van der Waals surface area contributed by atoms with Gasteiger partial charge in [0.05, 0.1) is 5.60 Å². The Morgan fingerprint density at radius 3 is 2.65 bits per heavy atom. The van der Waals surface area contributed by atoms with Crippen molar-refractivity contribution < 1.29 is 13.9 Å². The molecule has 1 aromatic rings. The first kappa shape index (κ1) is 12.5. The third-order valence-corrected chi connectivity index (χ3v) is 3.45. The molecule has 2 N–H and O–H groups in total. The zero-order valence-electron chi connectivity index (χ0n) is 9.84. The van der Waals surface area contributed by atoms with Gasteiger partial charge < -0.3 is 10.4 Å². The summed E-state index contributed by atoms with van der Waals surface area (Å²) in [4.78, 5) is 0. The van der Waals surface area contributed by atoms with E-state index in [1.807, 2.05) is 0 Å². The molecule has 1 fully saturated rings. The van der Waals surface area contributed by atoms with E-state index in [4.69, 9.17) is 0 Å². The van der Waals surface area contributed by atoms with Gasteiger partial charge in [-0.1, -0.05) is 6.07 Å². The molecule has 94 valence electrons. The molecule has 0 aliphatic heterocycles. The fourth-order valence-electron chi connectivity index (χ4n) is 2.07. The van der Waals surface area contributed by atoms with Crippen LogP contribution in [-0.4, -0.2) is 17.3 Å². The fourth-order valence-corrected chi connectivity index (χ4v) is 2.07. The van der Waals surface area contributed by atoms with Crippen LogP contribution < -0.4 is 5.32 Å². The van der Waals surface area contributed by atoms with Crippen LogP contribution in [0, 0.1) is 11.6 Å². The number of halogens is 2. The van der Waals surface area contributed by atoms with E-state index in [0.717, 1.165) is 25.3 Å². The quantitative estimate of drug-likeness (QED) is 0.849. The Kier molecular flexibility index (Phi) is 3.45. The smallest absolute Gasteiger partial charge is 0.130 e. The first-order valence-corrected chi connectivity index (χ1v) is 5.91. The van der Waals surface area contributed by atoms with Crippen LogP contribution in [0.3, 0.4) is 0 Å². The molecule has 0 aromatic heterocycles. The summed E-state index contributed by atoms with van der Waals surface area (Å²) in [6.45, 7) is 2.25. The summed E-state index contributed by atoms with van der Waals surface area (Å²) in [5.41, 5.74) is -0.209. The lowest BCUT2D eigenvalue weighted by atomic mass is 9.80. The van der Waals surface area contributed by atoms with Crippen molar-refractivity contribution in [2.75, 3.05) is 6.54 Å². The highest BCUT2D eigenvalue weighted by Gasteiger charge is 2.34. The van der Waals surface area contributed by atoms with E-state index in [1.165, 1.54) is 12.1 Å². The Morgan fingerprint density at radius 2 is 2.12 bits per heavy atom. The van der Waals surface area contributed by atoms with E-state index in [-0.39, 0.29) is 6.04 Å². The van der Waals surface area contributed by atoms with Gasteiger partial charge in [0.2, 0.25) is 0 Å². The van der Waals surface area contributed by atoms with Crippen molar-refractivity contribution in [2.24, 2.45) is 0 Å². The second kappa shape index (κ2) is 4.70. The molecule has 17 heavy (non-hydrogen) atoms. The van der Waals surface area contributed by atoms with Crippen LogP contribution in [0.1, 0.15) is 37.8 Å². The normalized spacial score (nSPS) is 19.8. The summed E-state index contributed by atoms with van der Waals surface area (Å²) < 4.78 is 26.2. The molecule has 0 bridgehead atoms. The van der Waals surface area contributed by atoms with Gasteiger partial charge in [-0.25, -0.2) is 8.78 Å². The second-order valence-corrected chi connectivity index (χ2v) is 4.85. The molecule has 0 spiro atoms. The van der Waals surface area contributed by atoms with E-state index >= 15 is 0 Å². The highest BCUT2D eigenvalue weighted by Crippen LogP contribution is 2.31. The zero-order valence-corrected chi connectivity index (χ0v) is 9.84. The van der Waals surface area contributed by atoms with E-state index in [0.29, 0.717) is 12.1 Å². The Hall–Kier alpha value is -1.00. The molecule has 0 heterocycles. The van der Waals surface area contributed by atoms with Crippen LogP contribution >= 0.6 is 0 Å². The van der Waals surface area contributed by atoms with Crippen LogP contribution in [0.15, 0.2) is 18.2 Å². The van der Waals surface area contributed by atoms with E-state index in [9.17, 15) is 13.9 Å². The summed E-state index contributed by atoms with van der Waals surface area (Å²) in [6, 6.07) is 3.33. The molecule has 1 aromatic carbocycles. The largest absolute Gasteiger partial charge is 0.389 e. The van der Waals surface area contributed by atoms with Crippen molar-refractivity contribution in [3.8, 4) is 0 Å². The van der Waals surface area contributed by atoms with Gasteiger partial charge in [0.15, 0.2) is 0 Å². The lowest BCUT2D eigenvalue weighted by Gasteiger charge is -2.37. The molecule has 0 radical (unpaired) electrons.